The Morgan fingerprint density at radius 3 is 2.41 bits per heavy atom. The third-order valence-corrected chi connectivity index (χ3v) is 4.52. The van der Waals surface area contributed by atoms with Crippen molar-refractivity contribution in [2.24, 2.45) is 0 Å². The van der Waals surface area contributed by atoms with Crippen molar-refractivity contribution in [3.05, 3.63) is 64.1 Å². The van der Waals surface area contributed by atoms with Gasteiger partial charge in [0, 0.05) is 16.5 Å². The van der Waals surface area contributed by atoms with Crippen LogP contribution in [0.1, 0.15) is 31.9 Å². The van der Waals surface area contributed by atoms with E-state index in [2.05, 4.69) is 42.0 Å². The normalized spacial score (nSPS) is 12.3. The molecule has 0 saturated carbocycles. The standard InChI is InChI=1S/C21H24BrNO4/c1-21(2,3)16-12-15(22)9-10-18(16)27-13-19(24)23-17(20(25)26)11-14-7-5-4-6-8-14/h4-10,12,17H,11,13H2,1-3H3,(H,23,24)(H,25,26). The molecule has 2 aromatic rings. The van der Waals surface area contributed by atoms with Crippen LogP contribution in [0.5, 0.6) is 5.75 Å². The average Bonchev–Trinajstić information content (AvgIpc) is 2.60. The molecule has 0 aliphatic carbocycles. The molecular formula is C21H24BrNO4. The lowest BCUT2D eigenvalue weighted by Crippen LogP contribution is -2.44. The summed E-state index contributed by atoms with van der Waals surface area (Å²) in [6.45, 7) is 5.93. The van der Waals surface area contributed by atoms with Crippen LogP contribution in [0.15, 0.2) is 53.0 Å². The van der Waals surface area contributed by atoms with Gasteiger partial charge in [0.05, 0.1) is 0 Å². The van der Waals surface area contributed by atoms with Gasteiger partial charge in [0.2, 0.25) is 0 Å². The molecule has 2 aromatic carbocycles. The van der Waals surface area contributed by atoms with E-state index in [1.165, 1.54) is 0 Å². The number of aliphatic carboxylic acids is 1. The summed E-state index contributed by atoms with van der Waals surface area (Å²) in [5.74, 6) is -0.942. The SMILES string of the molecule is CC(C)(C)c1cc(Br)ccc1OCC(=O)NC(Cc1ccccc1)C(=O)O. The minimum atomic E-state index is -1.08. The zero-order valence-electron chi connectivity index (χ0n) is 15.7. The van der Waals surface area contributed by atoms with E-state index in [9.17, 15) is 14.7 Å². The summed E-state index contributed by atoms with van der Waals surface area (Å²) in [4.78, 5) is 23.7. The number of carboxylic acids is 1. The zero-order chi connectivity index (χ0) is 20.0. The van der Waals surface area contributed by atoms with Crippen molar-refractivity contribution >= 4 is 27.8 Å². The summed E-state index contributed by atoms with van der Waals surface area (Å²) < 4.78 is 6.61. The number of rotatable bonds is 7. The summed E-state index contributed by atoms with van der Waals surface area (Å²) in [6, 6.07) is 13.8. The third kappa shape index (κ3) is 6.40. The quantitative estimate of drug-likeness (QED) is 0.693. The fourth-order valence-corrected chi connectivity index (χ4v) is 3.00. The van der Waals surface area contributed by atoms with Gasteiger partial charge in [0.15, 0.2) is 6.61 Å². The van der Waals surface area contributed by atoms with Gasteiger partial charge in [0.25, 0.3) is 5.91 Å². The summed E-state index contributed by atoms with van der Waals surface area (Å²) >= 11 is 3.45. The molecule has 2 N–H and O–H groups in total. The van der Waals surface area contributed by atoms with Gasteiger partial charge in [-0.15, -0.1) is 0 Å². The van der Waals surface area contributed by atoms with E-state index >= 15 is 0 Å². The Morgan fingerprint density at radius 2 is 1.81 bits per heavy atom. The zero-order valence-corrected chi connectivity index (χ0v) is 17.2. The van der Waals surface area contributed by atoms with Crippen molar-refractivity contribution in [3.8, 4) is 5.75 Å². The molecule has 0 aliphatic rings. The summed E-state index contributed by atoms with van der Waals surface area (Å²) in [7, 11) is 0. The van der Waals surface area contributed by atoms with Crippen molar-refractivity contribution in [2.45, 2.75) is 38.6 Å². The van der Waals surface area contributed by atoms with E-state index < -0.39 is 17.9 Å². The van der Waals surface area contributed by atoms with E-state index in [0.29, 0.717) is 5.75 Å². The molecule has 0 fully saturated rings. The fourth-order valence-electron chi connectivity index (χ4n) is 2.64. The van der Waals surface area contributed by atoms with Gasteiger partial charge >= 0.3 is 5.97 Å². The molecule has 27 heavy (non-hydrogen) atoms. The molecule has 0 spiro atoms. The predicted molar refractivity (Wildman–Crippen MR) is 108 cm³/mol. The summed E-state index contributed by atoms with van der Waals surface area (Å²) in [6.07, 6.45) is 0.216. The fraction of sp³-hybridized carbons (Fsp3) is 0.333. The Bertz CT molecular complexity index is 800. The molecule has 0 aromatic heterocycles. The first-order valence-electron chi connectivity index (χ1n) is 8.66. The highest BCUT2D eigenvalue weighted by molar-refractivity contribution is 9.10. The second-order valence-corrected chi connectivity index (χ2v) is 8.24. The van der Waals surface area contributed by atoms with Crippen molar-refractivity contribution in [3.63, 3.8) is 0 Å². The highest BCUT2D eigenvalue weighted by Gasteiger charge is 2.22. The minimum absolute atomic E-state index is 0.160. The number of carbonyl (C=O) groups is 2. The van der Waals surface area contributed by atoms with Crippen LogP contribution in [0.25, 0.3) is 0 Å². The maximum Gasteiger partial charge on any atom is 0.326 e. The molecule has 0 saturated heterocycles. The number of hydrogen-bond acceptors (Lipinski definition) is 3. The Kier molecular flexibility index (Phi) is 7.02. The van der Waals surface area contributed by atoms with Crippen molar-refractivity contribution in [2.75, 3.05) is 6.61 Å². The Balaban J connectivity index is 2.02. The molecule has 0 bridgehead atoms. The Hall–Kier alpha value is -2.34. The van der Waals surface area contributed by atoms with Gasteiger partial charge in [-0.1, -0.05) is 67.0 Å². The van der Waals surface area contributed by atoms with Crippen LogP contribution >= 0.6 is 15.9 Å². The monoisotopic (exact) mass is 433 g/mol. The van der Waals surface area contributed by atoms with Gasteiger partial charge in [0.1, 0.15) is 11.8 Å². The molecule has 1 amide bonds. The van der Waals surface area contributed by atoms with E-state index in [1.807, 2.05) is 42.5 Å². The summed E-state index contributed by atoms with van der Waals surface area (Å²) in [5.41, 5.74) is 1.64. The van der Waals surface area contributed by atoms with E-state index in [-0.39, 0.29) is 18.4 Å². The highest BCUT2D eigenvalue weighted by Crippen LogP contribution is 2.33. The number of ether oxygens (including phenoxy) is 1. The van der Waals surface area contributed by atoms with Crippen LogP contribution in [-0.2, 0) is 21.4 Å². The number of benzene rings is 2. The van der Waals surface area contributed by atoms with Gasteiger partial charge in [-0.05, 0) is 29.2 Å². The predicted octanol–water partition coefficient (Wildman–Crippen LogP) is 3.94. The lowest BCUT2D eigenvalue weighted by molar-refractivity contribution is -0.142. The lowest BCUT2D eigenvalue weighted by Gasteiger charge is -2.23. The number of amides is 1. The molecule has 1 unspecified atom stereocenters. The van der Waals surface area contributed by atoms with Gasteiger partial charge in [-0.2, -0.15) is 0 Å². The van der Waals surface area contributed by atoms with Crippen LogP contribution in [-0.4, -0.2) is 29.6 Å². The lowest BCUT2D eigenvalue weighted by atomic mass is 9.86. The van der Waals surface area contributed by atoms with Crippen LogP contribution in [0.4, 0.5) is 0 Å². The van der Waals surface area contributed by atoms with Crippen LogP contribution < -0.4 is 10.1 Å². The maximum atomic E-state index is 12.2. The first-order valence-corrected chi connectivity index (χ1v) is 9.45. The maximum absolute atomic E-state index is 12.2. The molecule has 0 heterocycles. The minimum Gasteiger partial charge on any atom is -0.483 e. The molecule has 2 rings (SSSR count). The largest absolute Gasteiger partial charge is 0.483 e. The van der Waals surface area contributed by atoms with Gasteiger partial charge in [-0.3, -0.25) is 4.79 Å². The Labute approximate surface area is 167 Å². The van der Waals surface area contributed by atoms with E-state index in [4.69, 9.17) is 4.74 Å². The first kappa shape index (κ1) is 21.0. The number of halogens is 1. The molecule has 5 nitrogen and oxygen atoms in total. The Morgan fingerprint density at radius 1 is 1.15 bits per heavy atom. The van der Waals surface area contributed by atoms with E-state index in [1.54, 1.807) is 6.07 Å². The van der Waals surface area contributed by atoms with Crippen LogP contribution in [0.2, 0.25) is 0 Å². The van der Waals surface area contributed by atoms with E-state index in [0.717, 1.165) is 15.6 Å². The smallest absolute Gasteiger partial charge is 0.326 e. The van der Waals surface area contributed by atoms with Gasteiger partial charge < -0.3 is 15.2 Å². The first-order chi connectivity index (χ1) is 12.7. The second-order valence-electron chi connectivity index (χ2n) is 7.33. The van der Waals surface area contributed by atoms with Gasteiger partial charge in [-0.25, -0.2) is 4.79 Å². The van der Waals surface area contributed by atoms with Crippen LogP contribution in [0.3, 0.4) is 0 Å². The van der Waals surface area contributed by atoms with Crippen LogP contribution in [0, 0.1) is 0 Å². The molecular weight excluding hydrogens is 410 g/mol. The third-order valence-electron chi connectivity index (χ3n) is 4.02. The van der Waals surface area contributed by atoms with Crippen molar-refractivity contribution < 1.29 is 19.4 Å². The summed E-state index contributed by atoms with van der Waals surface area (Å²) in [5, 5.41) is 11.9. The molecule has 6 heteroatoms. The van der Waals surface area contributed by atoms with Crippen molar-refractivity contribution in [1.29, 1.82) is 0 Å². The average molecular weight is 434 g/mol. The number of carbonyl (C=O) groups excluding carboxylic acids is 1. The molecule has 1 atom stereocenters. The number of nitrogens with one attached hydrogen (secondary N) is 1. The second kappa shape index (κ2) is 9.04. The molecule has 0 aliphatic heterocycles. The topological polar surface area (TPSA) is 75.6 Å². The molecule has 144 valence electrons. The number of carboxylic acid groups (broad SMARTS) is 1. The molecule has 0 radical (unpaired) electrons. The number of hydrogen-bond donors (Lipinski definition) is 2. The van der Waals surface area contributed by atoms with Crippen molar-refractivity contribution in [1.82, 2.24) is 5.32 Å². The highest BCUT2D eigenvalue weighted by atomic mass is 79.9.